The van der Waals surface area contributed by atoms with Crippen molar-refractivity contribution in [3.8, 4) is 11.3 Å². The summed E-state index contributed by atoms with van der Waals surface area (Å²) in [5, 5.41) is 1.84. The van der Waals surface area contributed by atoms with Crippen LogP contribution in [0.25, 0.3) is 11.3 Å². The molecule has 0 saturated carbocycles. The van der Waals surface area contributed by atoms with Crippen LogP contribution in [0.4, 0.5) is 4.39 Å². The van der Waals surface area contributed by atoms with Gasteiger partial charge in [0.05, 0.1) is 5.69 Å². The van der Waals surface area contributed by atoms with E-state index >= 15 is 0 Å². The Labute approximate surface area is 72.7 Å². The smallest absolute Gasteiger partial charge is 0.212 e. The molecule has 0 aliphatic rings. The number of hydrogen-bond donors (Lipinski definition) is 0. The van der Waals surface area contributed by atoms with E-state index in [1.807, 2.05) is 5.38 Å². The molecule has 0 fully saturated rings. The van der Waals surface area contributed by atoms with Gasteiger partial charge < -0.3 is 0 Å². The van der Waals surface area contributed by atoms with Crippen LogP contribution >= 0.6 is 11.3 Å². The van der Waals surface area contributed by atoms with Crippen molar-refractivity contribution in [2.45, 2.75) is 0 Å². The second-order valence-electron chi connectivity index (χ2n) is 2.19. The molecule has 59 valence electrons. The molecule has 0 aliphatic heterocycles. The second-order valence-corrected chi connectivity index (χ2v) is 2.85. The maximum Gasteiger partial charge on any atom is 0.212 e. The van der Waals surface area contributed by atoms with Gasteiger partial charge in [-0.3, -0.25) is 0 Å². The maximum absolute atomic E-state index is 12.4. The number of hydrogen-bond acceptors (Lipinski definition) is 3. The van der Waals surface area contributed by atoms with Crippen molar-refractivity contribution in [1.82, 2.24) is 9.97 Å². The van der Waals surface area contributed by atoms with Gasteiger partial charge in [0.15, 0.2) is 5.51 Å². The summed E-state index contributed by atoms with van der Waals surface area (Å²) in [5.74, 6) is -0.474. The zero-order valence-electron chi connectivity index (χ0n) is 5.99. The third kappa shape index (κ3) is 1.33. The lowest BCUT2D eigenvalue weighted by atomic mass is 10.2. The average Bonchev–Trinajstić information content (AvgIpc) is 2.58. The van der Waals surface area contributed by atoms with Crippen molar-refractivity contribution in [3.63, 3.8) is 0 Å². The summed E-state index contributed by atoms with van der Waals surface area (Å²) >= 11 is 1.38. The molecule has 0 N–H and O–H groups in total. The molecule has 0 saturated heterocycles. The Kier molecular flexibility index (Phi) is 1.83. The first kappa shape index (κ1) is 7.36. The van der Waals surface area contributed by atoms with Gasteiger partial charge in [0.25, 0.3) is 0 Å². The number of pyridine rings is 1. The van der Waals surface area contributed by atoms with Crippen molar-refractivity contribution < 1.29 is 4.39 Å². The molecule has 2 heterocycles. The van der Waals surface area contributed by atoms with Crippen molar-refractivity contribution >= 4 is 11.3 Å². The van der Waals surface area contributed by atoms with Gasteiger partial charge >= 0.3 is 0 Å². The van der Waals surface area contributed by atoms with Gasteiger partial charge in [-0.1, -0.05) is 0 Å². The highest BCUT2D eigenvalue weighted by Gasteiger charge is 1.99. The number of aromatic nitrogens is 2. The van der Waals surface area contributed by atoms with E-state index in [4.69, 9.17) is 0 Å². The van der Waals surface area contributed by atoms with Crippen LogP contribution in [0.3, 0.4) is 0 Å². The van der Waals surface area contributed by atoms with Crippen molar-refractivity contribution in [2.24, 2.45) is 0 Å². The van der Waals surface area contributed by atoms with Gasteiger partial charge in [-0.15, -0.1) is 11.3 Å². The summed E-state index contributed by atoms with van der Waals surface area (Å²) in [6.07, 6.45) is 1.46. The van der Waals surface area contributed by atoms with Crippen molar-refractivity contribution in [1.29, 1.82) is 0 Å². The second kappa shape index (κ2) is 2.98. The minimum atomic E-state index is -0.474. The van der Waals surface area contributed by atoms with E-state index in [1.165, 1.54) is 23.6 Å². The van der Waals surface area contributed by atoms with Crippen LogP contribution < -0.4 is 0 Å². The number of rotatable bonds is 1. The molecule has 0 bridgehead atoms. The van der Waals surface area contributed by atoms with Crippen LogP contribution in [0.15, 0.2) is 23.7 Å². The Balaban J connectivity index is 2.43. The predicted octanol–water partition coefficient (Wildman–Crippen LogP) is 2.14. The molecule has 2 aromatic rings. The van der Waals surface area contributed by atoms with Gasteiger partial charge in [-0.2, -0.15) is 4.39 Å². The van der Waals surface area contributed by atoms with Crippen LogP contribution in [-0.2, 0) is 0 Å². The molecule has 0 spiro atoms. The predicted molar refractivity (Wildman–Crippen MR) is 44.1 cm³/mol. The fourth-order valence-electron chi connectivity index (χ4n) is 0.844. The van der Waals surface area contributed by atoms with Crippen molar-refractivity contribution in [3.05, 3.63) is 35.2 Å². The van der Waals surface area contributed by atoms with Gasteiger partial charge in [-0.05, 0) is 12.1 Å². The lowest BCUT2D eigenvalue weighted by Crippen LogP contribution is -1.82. The molecule has 2 nitrogen and oxygen atoms in total. The van der Waals surface area contributed by atoms with E-state index in [2.05, 4.69) is 15.5 Å². The number of halogens is 1. The number of nitrogens with zero attached hydrogens (tertiary/aromatic N) is 2. The van der Waals surface area contributed by atoms with Gasteiger partial charge in [-0.25, -0.2) is 9.97 Å². The molecule has 0 unspecified atom stereocenters. The fraction of sp³-hybridized carbons (Fsp3) is 0. The first-order valence-corrected chi connectivity index (χ1v) is 4.18. The van der Waals surface area contributed by atoms with Gasteiger partial charge in [0, 0.05) is 17.1 Å². The van der Waals surface area contributed by atoms with E-state index in [1.54, 1.807) is 6.07 Å². The molecule has 2 aromatic heterocycles. The molecule has 1 radical (unpaired) electrons. The number of thiazole rings is 1. The third-order valence-electron chi connectivity index (χ3n) is 1.41. The van der Waals surface area contributed by atoms with Crippen LogP contribution in [-0.4, -0.2) is 9.97 Å². The van der Waals surface area contributed by atoms with E-state index in [0.29, 0.717) is 0 Å². The summed E-state index contributed by atoms with van der Waals surface area (Å²) in [4.78, 5) is 7.47. The molecule has 0 amide bonds. The summed E-state index contributed by atoms with van der Waals surface area (Å²) in [6, 6.07) is 2.96. The summed E-state index contributed by atoms with van der Waals surface area (Å²) in [7, 11) is 0. The van der Waals surface area contributed by atoms with Gasteiger partial charge in [0.2, 0.25) is 5.95 Å². The minimum Gasteiger partial charge on any atom is -0.233 e. The Morgan fingerprint density at radius 3 is 2.92 bits per heavy atom. The molecule has 0 aliphatic carbocycles. The van der Waals surface area contributed by atoms with Crippen LogP contribution in [0.1, 0.15) is 0 Å². The Morgan fingerprint density at radius 2 is 2.33 bits per heavy atom. The minimum absolute atomic E-state index is 0.474. The van der Waals surface area contributed by atoms with Crippen molar-refractivity contribution in [2.75, 3.05) is 0 Å². The lowest BCUT2D eigenvalue weighted by molar-refractivity contribution is 0.584. The monoisotopic (exact) mass is 179 g/mol. The molecule has 0 atom stereocenters. The molecule has 2 rings (SSSR count). The third-order valence-corrected chi connectivity index (χ3v) is 1.95. The first-order chi connectivity index (χ1) is 5.86. The highest BCUT2D eigenvalue weighted by atomic mass is 32.1. The van der Waals surface area contributed by atoms with Crippen LogP contribution in [0.2, 0.25) is 0 Å². The topological polar surface area (TPSA) is 25.8 Å². The molecule has 4 heteroatoms. The highest BCUT2D eigenvalue weighted by molar-refractivity contribution is 7.07. The SMILES string of the molecule is Fc1ccc(-c2cs[c]n2)cn1. The summed E-state index contributed by atoms with van der Waals surface area (Å²) < 4.78 is 12.4. The quantitative estimate of drug-likeness (QED) is 0.627. The average molecular weight is 179 g/mol. The highest BCUT2D eigenvalue weighted by Crippen LogP contribution is 2.16. The molecular formula is C8H4FN2S. The first-order valence-electron chi connectivity index (χ1n) is 3.30. The van der Waals surface area contributed by atoms with E-state index in [-0.39, 0.29) is 0 Å². The molecular weight excluding hydrogens is 175 g/mol. The zero-order chi connectivity index (χ0) is 8.39. The van der Waals surface area contributed by atoms with Gasteiger partial charge in [0.1, 0.15) is 0 Å². The Hall–Kier alpha value is -1.29. The molecule has 12 heavy (non-hydrogen) atoms. The molecule has 0 aromatic carbocycles. The Bertz CT molecular complexity index is 355. The zero-order valence-corrected chi connectivity index (χ0v) is 6.81. The standard InChI is InChI=1S/C8H4FN2S/c9-8-2-1-6(3-10-8)7-4-12-5-11-7/h1-4H. The summed E-state index contributed by atoms with van der Waals surface area (Å²) in [6.45, 7) is 0. The van der Waals surface area contributed by atoms with E-state index in [9.17, 15) is 4.39 Å². The van der Waals surface area contributed by atoms with E-state index in [0.717, 1.165) is 11.3 Å². The lowest BCUT2D eigenvalue weighted by Gasteiger charge is -1.93. The largest absolute Gasteiger partial charge is 0.233 e. The normalized spacial score (nSPS) is 10.1. The van der Waals surface area contributed by atoms with Crippen LogP contribution in [0, 0.1) is 11.5 Å². The van der Waals surface area contributed by atoms with E-state index < -0.39 is 5.95 Å². The maximum atomic E-state index is 12.4. The summed E-state index contributed by atoms with van der Waals surface area (Å²) in [5.41, 5.74) is 4.31. The fourth-order valence-corrected chi connectivity index (χ4v) is 1.35. The van der Waals surface area contributed by atoms with Crippen LogP contribution in [0.5, 0.6) is 0 Å². The Morgan fingerprint density at radius 1 is 1.42 bits per heavy atom.